The molecule has 11 aromatic rings. The first-order valence-corrected chi connectivity index (χ1v) is 21.6. The summed E-state index contributed by atoms with van der Waals surface area (Å²) in [5.41, 5.74) is 8.19. The highest BCUT2D eigenvalue weighted by Gasteiger charge is 2.24. The number of benzene rings is 7. The lowest BCUT2D eigenvalue weighted by Gasteiger charge is -2.25. The molecule has 0 spiro atoms. The highest BCUT2D eigenvalue weighted by Crippen LogP contribution is 2.47. The third-order valence-electron chi connectivity index (χ3n) is 12.0. The molecule has 0 aliphatic heterocycles. The Morgan fingerprint density at radius 3 is 1.84 bits per heavy atom. The number of thiophene rings is 2. The van der Waals surface area contributed by atoms with Crippen molar-refractivity contribution in [3.05, 3.63) is 152 Å². The summed E-state index contributed by atoms with van der Waals surface area (Å²) in [6, 6.07) is 55.4. The van der Waals surface area contributed by atoms with Crippen LogP contribution in [0.2, 0.25) is 0 Å². The minimum Gasteiger partial charge on any atom is -0.337 e. The summed E-state index contributed by atoms with van der Waals surface area (Å²) in [7, 11) is 0. The molecule has 1 fully saturated rings. The average molecular weight is 769 g/mol. The minimum absolute atomic E-state index is 0.534. The molecule has 0 bridgehead atoms. The van der Waals surface area contributed by atoms with Gasteiger partial charge in [-0.3, -0.25) is 0 Å². The zero-order valence-corrected chi connectivity index (χ0v) is 32.8. The van der Waals surface area contributed by atoms with Crippen molar-refractivity contribution in [3.8, 4) is 45.3 Å². The average Bonchev–Trinajstić information content (AvgIpc) is 3.96. The summed E-state index contributed by atoms with van der Waals surface area (Å²) >= 11 is 3.79. The van der Waals surface area contributed by atoms with E-state index >= 15 is 0 Å². The van der Waals surface area contributed by atoms with Gasteiger partial charge in [-0.05, 0) is 60.4 Å². The first-order valence-electron chi connectivity index (χ1n) is 20.0. The molecule has 0 saturated heterocycles. The second kappa shape index (κ2) is 13.2. The normalized spacial score (nSPS) is 13.9. The monoisotopic (exact) mass is 768 g/mol. The van der Waals surface area contributed by atoms with Gasteiger partial charge >= 0.3 is 0 Å². The summed E-state index contributed by atoms with van der Waals surface area (Å²) < 4.78 is 7.96. The maximum Gasteiger partial charge on any atom is 0.164 e. The van der Waals surface area contributed by atoms with Gasteiger partial charge in [-0.15, -0.1) is 22.7 Å². The second-order valence-corrected chi connectivity index (χ2v) is 17.5. The first kappa shape index (κ1) is 33.0. The van der Waals surface area contributed by atoms with Gasteiger partial charge in [-0.2, -0.15) is 0 Å². The van der Waals surface area contributed by atoms with Crippen LogP contribution in [-0.2, 0) is 0 Å². The molecule has 6 heteroatoms. The zero-order chi connectivity index (χ0) is 37.5. The van der Waals surface area contributed by atoms with Crippen LogP contribution in [0.15, 0.2) is 152 Å². The maximum absolute atomic E-state index is 5.03. The van der Waals surface area contributed by atoms with Crippen molar-refractivity contribution in [2.75, 3.05) is 0 Å². The van der Waals surface area contributed by atoms with Crippen molar-refractivity contribution >= 4 is 84.8 Å². The predicted octanol–water partition coefficient (Wildman–Crippen LogP) is 14.9. The van der Waals surface area contributed by atoms with Crippen molar-refractivity contribution in [2.24, 2.45) is 0 Å². The van der Waals surface area contributed by atoms with Crippen LogP contribution in [0.25, 0.3) is 107 Å². The Kier molecular flexibility index (Phi) is 7.63. The minimum atomic E-state index is 0.534. The summed E-state index contributed by atoms with van der Waals surface area (Å²) in [6.07, 6.45) is 6.45. The Labute approximate surface area is 337 Å². The van der Waals surface area contributed by atoms with Crippen molar-refractivity contribution < 1.29 is 0 Å². The molecule has 0 radical (unpaired) electrons. The molecule has 1 aliphatic rings. The highest BCUT2D eigenvalue weighted by atomic mass is 32.1. The number of aromatic nitrogens is 4. The van der Waals surface area contributed by atoms with Crippen LogP contribution >= 0.6 is 22.7 Å². The lowest BCUT2D eigenvalue weighted by molar-refractivity contribution is 0.367. The van der Waals surface area contributed by atoms with E-state index in [9.17, 15) is 0 Å². The molecule has 4 nitrogen and oxygen atoms in total. The zero-order valence-electron chi connectivity index (χ0n) is 31.2. The molecule has 0 atom stereocenters. The molecule has 1 saturated carbocycles. The number of fused-ring (bicyclic) bond motifs is 10. The van der Waals surface area contributed by atoms with Crippen LogP contribution in [0.1, 0.15) is 38.1 Å². The van der Waals surface area contributed by atoms with Crippen LogP contribution in [-0.4, -0.2) is 19.5 Å². The standard InChI is InChI=1S/C51H36N4S2/c1-4-13-31(14-5-1)49-52-50(32-15-6-2-7-16-32)54-51(53-49)34-23-25-39-45(30-34)56-44-22-12-20-36(46(39)44)33-24-27-41-40(29-33)47-42(55(41)35-17-8-3-9-18-35)28-26-38-37-19-10-11-21-43(37)57-48(38)47/h1-2,4-7,10-16,19-30,35H,3,8-9,17-18H2. The largest absolute Gasteiger partial charge is 0.337 e. The van der Waals surface area contributed by atoms with E-state index in [2.05, 4.69) is 120 Å². The molecule has 57 heavy (non-hydrogen) atoms. The molecule has 0 amide bonds. The third-order valence-corrected chi connectivity index (χ3v) is 14.3. The molecular weight excluding hydrogens is 733 g/mol. The van der Waals surface area contributed by atoms with Gasteiger partial charge < -0.3 is 4.57 Å². The summed E-state index contributed by atoms with van der Waals surface area (Å²) in [5, 5.41) is 8.05. The topological polar surface area (TPSA) is 43.6 Å². The summed E-state index contributed by atoms with van der Waals surface area (Å²) in [5.74, 6) is 2.02. The summed E-state index contributed by atoms with van der Waals surface area (Å²) in [6.45, 7) is 0. The Bertz CT molecular complexity index is 3280. The lowest BCUT2D eigenvalue weighted by atomic mass is 9.95. The van der Waals surface area contributed by atoms with Crippen LogP contribution in [0, 0.1) is 0 Å². The SMILES string of the molecule is c1ccc(-c2nc(-c3ccccc3)nc(-c3ccc4c(c3)sc3cccc(-c5ccc6c(c5)c5c7sc8ccccc8c7ccc5n6C5CCCCC5)c34)n2)cc1. The first-order chi connectivity index (χ1) is 28.2. The van der Waals surface area contributed by atoms with Gasteiger partial charge in [-0.1, -0.05) is 135 Å². The molecular formula is C51H36N4S2. The smallest absolute Gasteiger partial charge is 0.164 e. The van der Waals surface area contributed by atoms with Gasteiger partial charge in [0.05, 0.1) is 5.52 Å². The van der Waals surface area contributed by atoms with Crippen molar-refractivity contribution in [1.29, 1.82) is 0 Å². The Balaban J connectivity index is 1.04. The molecule has 0 unspecified atom stereocenters. The van der Waals surface area contributed by atoms with Gasteiger partial charge in [0.1, 0.15) is 0 Å². The lowest BCUT2D eigenvalue weighted by Crippen LogP contribution is -2.12. The highest BCUT2D eigenvalue weighted by molar-refractivity contribution is 7.27. The van der Waals surface area contributed by atoms with E-state index < -0.39 is 0 Å². The van der Waals surface area contributed by atoms with E-state index in [0.717, 1.165) is 16.7 Å². The Hall–Kier alpha value is -6.21. The van der Waals surface area contributed by atoms with Gasteiger partial charge in [-0.25, -0.2) is 15.0 Å². The fraction of sp³-hybridized carbons (Fsp3) is 0.118. The van der Waals surface area contributed by atoms with E-state index in [0.29, 0.717) is 23.5 Å². The molecule has 272 valence electrons. The number of rotatable bonds is 5. The molecule has 0 N–H and O–H groups in total. The molecule has 1 aliphatic carbocycles. The van der Waals surface area contributed by atoms with Crippen LogP contribution in [0.5, 0.6) is 0 Å². The summed E-state index contributed by atoms with van der Waals surface area (Å²) in [4.78, 5) is 15.0. The van der Waals surface area contributed by atoms with Gasteiger partial charge in [0.15, 0.2) is 17.5 Å². The van der Waals surface area contributed by atoms with E-state index in [4.69, 9.17) is 15.0 Å². The fourth-order valence-corrected chi connectivity index (χ4v) is 11.8. The Morgan fingerprint density at radius 2 is 1.07 bits per heavy atom. The van der Waals surface area contributed by atoms with Crippen LogP contribution < -0.4 is 0 Å². The quantitative estimate of drug-likeness (QED) is 0.175. The maximum atomic E-state index is 5.03. The van der Waals surface area contributed by atoms with E-state index in [1.807, 2.05) is 59.1 Å². The molecule has 4 heterocycles. The third kappa shape index (κ3) is 5.35. The van der Waals surface area contributed by atoms with Gasteiger partial charge in [0, 0.05) is 79.4 Å². The van der Waals surface area contributed by atoms with E-state index in [1.54, 1.807) is 0 Å². The van der Waals surface area contributed by atoms with Crippen molar-refractivity contribution in [2.45, 2.75) is 38.1 Å². The van der Waals surface area contributed by atoms with Crippen molar-refractivity contribution in [1.82, 2.24) is 19.5 Å². The fourth-order valence-electron chi connectivity index (χ4n) is 9.36. The predicted molar refractivity (Wildman–Crippen MR) is 242 cm³/mol. The van der Waals surface area contributed by atoms with Gasteiger partial charge in [0.25, 0.3) is 0 Å². The molecule has 12 rings (SSSR count). The molecule has 7 aromatic carbocycles. The Morgan fingerprint density at radius 1 is 0.421 bits per heavy atom. The van der Waals surface area contributed by atoms with E-state index in [-0.39, 0.29) is 0 Å². The second-order valence-electron chi connectivity index (χ2n) is 15.4. The molecule has 4 aromatic heterocycles. The van der Waals surface area contributed by atoms with Crippen LogP contribution in [0.3, 0.4) is 0 Å². The van der Waals surface area contributed by atoms with Crippen molar-refractivity contribution in [3.63, 3.8) is 0 Å². The number of hydrogen-bond donors (Lipinski definition) is 0. The number of hydrogen-bond acceptors (Lipinski definition) is 5. The van der Waals surface area contributed by atoms with Crippen LogP contribution in [0.4, 0.5) is 0 Å². The van der Waals surface area contributed by atoms with Gasteiger partial charge in [0.2, 0.25) is 0 Å². The number of nitrogens with zero attached hydrogens (tertiary/aromatic N) is 4. The van der Waals surface area contributed by atoms with E-state index in [1.165, 1.54) is 105 Å².